The Balaban J connectivity index is 2.47. The summed E-state index contributed by atoms with van der Waals surface area (Å²) in [6.07, 6.45) is 1.64. The molecule has 4 N–H and O–H groups in total. The van der Waals surface area contributed by atoms with Crippen LogP contribution in [0.25, 0.3) is 0 Å². The number of nitrogens with one attached hydrogen (secondary N) is 1. The summed E-state index contributed by atoms with van der Waals surface area (Å²) in [7, 11) is 0. The van der Waals surface area contributed by atoms with Crippen LogP contribution >= 0.6 is 11.8 Å². The summed E-state index contributed by atoms with van der Waals surface area (Å²) in [6, 6.07) is -1.04. The van der Waals surface area contributed by atoms with E-state index < -0.39 is 17.6 Å². The largest absolute Gasteiger partial charge is 0.480 e. The van der Waals surface area contributed by atoms with Gasteiger partial charge in [-0.1, -0.05) is 13.8 Å². The maximum absolute atomic E-state index is 11.9. The van der Waals surface area contributed by atoms with E-state index in [2.05, 4.69) is 10.5 Å². The second-order valence-corrected chi connectivity index (χ2v) is 7.97. The Labute approximate surface area is 145 Å². The van der Waals surface area contributed by atoms with Crippen LogP contribution in [0.15, 0.2) is 15.7 Å². The molecule has 1 heterocycles. The molecule has 1 aromatic rings. The average Bonchev–Trinajstić information content (AvgIpc) is 2.88. The monoisotopic (exact) mass is 359 g/mol. The maximum atomic E-state index is 11.9. The summed E-state index contributed by atoms with van der Waals surface area (Å²) >= 11 is 1.57. The van der Waals surface area contributed by atoms with Gasteiger partial charge in [0.25, 0.3) is 5.88 Å². The topological polar surface area (TPSA) is 128 Å². The van der Waals surface area contributed by atoms with Gasteiger partial charge >= 0.3 is 5.97 Å². The van der Waals surface area contributed by atoms with Crippen molar-refractivity contribution >= 4 is 23.6 Å². The van der Waals surface area contributed by atoms with Gasteiger partial charge in [-0.3, -0.25) is 9.59 Å². The Morgan fingerprint density at radius 2 is 2.17 bits per heavy atom. The lowest BCUT2D eigenvalue weighted by molar-refractivity contribution is -0.138. The van der Waals surface area contributed by atoms with E-state index in [-0.39, 0.29) is 25.4 Å². The number of ether oxygens (including phenoxy) is 1. The van der Waals surface area contributed by atoms with Crippen LogP contribution < -0.4 is 15.8 Å². The molecule has 0 bridgehead atoms. The fourth-order valence-electron chi connectivity index (χ4n) is 1.78. The van der Waals surface area contributed by atoms with Crippen LogP contribution in [0.4, 0.5) is 0 Å². The molecule has 0 spiro atoms. The van der Waals surface area contributed by atoms with Gasteiger partial charge in [-0.2, -0.15) is 0 Å². The zero-order valence-electron chi connectivity index (χ0n) is 14.4. The fourth-order valence-corrected chi connectivity index (χ4v) is 2.59. The molecule has 0 saturated heterocycles. The third kappa shape index (κ3) is 7.22. The lowest BCUT2D eigenvalue weighted by atomic mass is 10.1. The Morgan fingerprint density at radius 3 is 2.75 bits per heavy atom. The number of nitrogens with two attached hydrogens (primary N) is 1. The first kappa shape index (κ1) is 20.3. The van der Waals surface area contributed by atoms with E-state index in [0.717, 1.165) is 4.90 Å². The zero-order valence-corrected chi connectivity index (χ0v) is 15.2. The molecule has 136 valence electrons. The van der Waals surface area contributed by atoms with Crippen molar-refractivity contribution in [1.82, 2.24) is 10.5 Å². The second kappa shape index (κ2) is 8.93. The van der Waals surface area contributed by atoms with Crippen molar-refractivity contribution < 1.29 is 24.0 Å². The molecule has 0 saturated carbocycles. The number of carbonyl (C=O) groups excluding carboxylic acids is 1. The highest BCUT2D eigenvalue weighted by molar-refractivity contribution is 8.00. The molecule has 0 aliphatic carbocycles. The number of hydrogen-bond acceptors (Lipinski definition) is 7. The smallest absolute Gasteiger partial charge is 0.320 e. The maximum Gasteiger partial charge on any atom is 0.320 e. The molecule has 1 amide bonds. The minimum Gasteiger partial charge on any atom is -0.480 e. The Kier molecular flexibility index (Phi) is 7.56. The quantitative estimate of drug-likeness (QED) is 0.538. The van der Waals surface area contributed by atoms with Gasteiger partial charge in [0.2, 0.25) is 5.91 Å². The Bertz CT molecular complexity index is 559. The van der Waals surface area contributed by atoms with Gasteiger partial charge in [0.1, 0.15) is 23.8 Å². The van der Waals surface area contributed by atoms with Gasteiger partial charge in [0.05, 0.1) is 5.54 Å². The zero-order chi connectivity index (χ0) is 18.3. The van der Waals surface area contributed by atoms with Gasteiger partial charge in [-0.25, -0.2) is 0 Å². The van der Waals surface area contributed by atoms with Crippen LogP contribution in [0.3, 0.4) is 0 Å². The van der Waals surface area contributed by atoms with Crippen LogP contribution in [-0.2, 0) is 9.59 Å². The van der Waals surface area contributed by atoms with E-state index in [1.54, 1.807) is 25.6 Å². The van der Waals surface area contributed by atoms with E-state index in [1.165, 1.54) is 6.26 Å². The molecule has 1 atom stereocenters. The predicted molar refractivity (Wildman–Crippen MR) is 90.1 cm³/mol. The summed E-state index contributed by atoms with van der Waals surface area (Å²) in [6.45, 7) is 7.90. The fraction of sp³-hybridized carbons (Fsp3) is 0.667. The molecule has 9 heteroatoms. The number of carboxylic acid groups (broad SMARTS) is 1. The van der Waals surface area contributed by atoms with Crippen molar-refractivity contribution in [2.75, 3.05) is 6.61 Å². The van der Waals surface area contributed by atoms with Gasteiger partial charge in [-0.15, -0.1) is 11.8 Å². The lowest BCUT2D eigenvalue weighted by Crippen LogP contribution is -2.48. The minimum atomic E-state index is -1.12. The van der Waals surface area contributed by atoms with E-state index in [0.29, 0.717) is 11.1 Å². The molecule has 0 unspecified atom stereocenters. The summed E-state index contributed by atoms with van der Waals surface area (Å²) in [5, 5.41) is 15.7. The molecule has 8 nitrogen and oxygen atoms in total. The number of nitrogens with zero attached hydrogens (tertiary/aromatic N) is 1. The lowest BCUT2D eigenvalue weighted by Gasteiger charge is -2.26. The van der Waals surface area contributed by atoms with Crippen LogP contribution in [0.1, 0.15) is 40.5 Å². The minimum absolute atomic E-state index is 0.0370. The van der Waals surface area contributed by atoms with E-state index in [9.17, 15) is 9.59 Å². The number of aliphatic carboxylic acids is 1. The SMILES string of the molecule is CC(C)Sc1conc1OCC(C)(C)NC(=O)CC[C@H](N)C(=O)O. The Hall–Kier alpha value is -1.74. The number of carboxylic acids is 1. The van der Waals surface area contributed by atoms with Crippen LogP contribution in [0.5, 0.6) is 5.88 Å². The molecule has 1 rings (SSSR count). The van der Waals surface area contributed by atoms with Gasteiger partial charge in [-0.05, 0) is 25.4 Å². The van der Waals surface area contributed by atoms with Crippen LogP contribution in [0, 0.1) is 0 Å². The highest BCUT2D eigenvalue weighted by atomic mass is 32.2. The number of hydrogen-bond donors (Lipinski definition) is 3. The number of rotatable bonds is 10. The first-order chi connectivity index (χ1) is 11.1. The first-order valence-corrected chi connectivity index (χ1v) is 8.52. The summed E-state index contributed by atoms with van der Waals surface area (Å²) < 4.78 is 10.6. The van der Waals surface area contributed by atoms with E-state index in [4.69, 9.17) is 20.1 Å². The van der Waals surface area contributed by atoms with Crippen molar-refractivity contribution in [2.45, 2.75) is 62.3 Å². The average molecular weight is 359 g/mol. The third-order valence-corrected chi connectivity index (χ3v) is 3.91. The molecule has 0 aliphatic rings. The molecule has 24 heavy (non-hydrogen) atoms. The van der Waals surface area contributed by atoms with Crippen molar-refractivity contribution in [3.8, 4) is 5.88 Å². The highest BCUT2D eigenvalue weighted by Gasteiger charge is 2.24. The normalized spacial score (nSPS) is 12.9. The Morgan fingerprint density at radius 1 is 1.50 bits per heavy atom. The van der Waals surface area contributed by atoms with Gasteiger partial charge in [0.15, 0.2) is 0 Å². The number of aromatic nitrogens is 1. The predicted octanol–water partition coefficient (Wildman–Crippen LogP) is 1.64. The van der Waals surface area contributed by atoms with Gasteiger partial charge < -0.3 is 25.4 Å². The van der Waals surface area contributed by atoms with Crippen LogP contribution in [-0.4, -0.2) is 45.6 Å². The summed E-state index contributed by atoms with van der Waals surface area (Å²) in [5.41, 5.74) is 4.73. The molecule has 0 radical (unpaired) electrons. The second-order valence-electron chi connectivity index (χ2n) is 6.35. The highest BCUT2D eigenvalue weighted by Crippen LogP contribution is 2.31. The molecular formula is C15H25N3O5S. The van der Waals surface area contributed by atoms with Crippen molar-refractivity contribution in [3.63, 3.8) is 0 Å². The van der Waals surface area contributed by atoms with Gasteiger partial charge in [0, 0.05) is 11.7 Å². The molecule has 1 aromatic heterocycles. The number of carbonyl (C=O) groups is 2. The number of thioether (sulfide) groups is 1. The van der Waals surface area contributed by atoms with E-state index >= 15 is 0 Å². The van der Waals surface area contributed by atoms with Crippen molar-refractivity contribution in [2.24, 2.45) is 5.73 Å². The summed E-state index contributed by atoms with van der Waals surface area (Å²) in [4.78, 5) is 23.4. The first-order valence-electron chi connectivity index (χ1n) is 7.64. The molecule has 0 fully saturated rings. The van der Waals surface area contributed by atoms with Crippen molar-refractivity contribution in [3.05, 3.63) is 6.26 Å². The van der Waals surface area contributed by atoms with Crippen LogP contribution in [0.2, 0.25) is 0 Å². The molecular weight excluding hydrogens is 334 g/mol. The third-order valence-electron chi connectivity index (χ3n) is 2.92. The molecule has 0 aromatic carbocycles. The van der Waals surface area contributed by atoms with E-state index in [1.807, 2.05) is 13.8 Å². The molecule has 0 aliphatic heterocycles. The number of amides is 1. The standard InChI is InChI=1S/C15H25N3O5S/c1-9(2)24-11-7-23-18-13(11)22-8-15(3,4)17-12(19)6-5-10(16)14(20)21/h7,9-10H,5-6,8,16H2,1-4H3,(H,17,19)(H,20,21)/t10-/m0/s1. The summed E-state index contributed by atoms with van der Waals surface area (Å²) in [5.74, 6) is -1.01. The van der Waals surface area contributed by atoms with Crippen molar-refractivity contribution in [1.29, 1.82) is 0 Å².